The highest BCUT2D eigenvalue weighted by Crippen LogP contribution is 2.27. The molecule has 136 valence electrons. The molecule has 0 atom stereocenters. The Bertz CT molecular complexity index is 849. The summed E-state index contributed by atoms with van der Waals surface area (Å²) < 4.78 is 18.2. The van der Waals surface area contributed by atoms with Gasteiger partial charge in [-0.05, 0) is 24.3 Å². The summed E-state index contributed by atoms with van der Waals surface area (Å²) in [6, 6.07) is 9.70. The standard InChI is InChI=1S/C16H12ClFN2O5S/c17-11-6-5-10(7-13(11)20(23)24)19-15(21)8-25-16(22)9-26-14-4-2-1-3-12(14)18/h1-7H,8-9H2,(H,19,21). The van der Waals surface area contributed by atoms with Crippen molar-refractivity contribution in [1.29, 1.82) is 0 Å². The molecule has 10 heteroatoms. The monoisotopic (exact) mass is 398 g/mol. The number of nitrogens with one attached hydrogen (secondary N) is 1. The molecule has 7 nitrogen and oxygen atoms in total. The third-order valence-corrected chi connectivity index (χ3v) is 4.31. The minimum absolute atomic E-state index is 0.0652. The quantitative estimate of drug-likeness (QED) is 0.331. The molecular formula is C16H12ClFN2O5S. The van der Waals surface area contributed by atoms with Gasteiger partial charge < -0.3 is 10.1 Å². The lowest BCUT2D eigenvalue weighted by Gasteiger charge is -2.07. The first kappa shape index (κ1) is 19.7. The number of benzene rings is 2. The summed E-state index contributed by atoms with van der Waals surface area (Å²) in [6.07, 6.45) is 0. The van der Waals surface area contributed by atoms with E-state index in [4.69, 9.17) is 16.3 Å². The summed E-state index contributed by atoms with van der Waals surface area (Å²) in [5.41, 5.74) is -0.217. The molecule has 0 unspecified atom stereocenters. The summed E-state index contributed by atoms with van der Waals surface area (Å²) in [5, 5.41) is 13.1. The fraction of sp³-hybridized carbons (Fsp3) is 0.125. The third-order valence-electron chi connectivity index (χ3n) is 2.97. The van der Waals surface area contributed by atoms with E-state index in [9.17, 15) is 24.1 Å². The van der Waals surface area contributed by atoms with Crippen molar-refractivity contribution in [3.63, 3.8) is 0 Å². The van der Waals surface area contributed by atoms with Crippen LogP contribution in [0.1, 0.15) is 0 Å². The fourth-order valence-electron chi connectivity index (χ4n) is 1.81. The number of anilines is 1. The van der Waals surface area contributed by atoms with Crippen LogP contribution in [-0.4, -0.2) is 29.2 Å². The predicted molar refractivity (Wildman–Crippen MR) is 94.8 cm³/mol. The van der Waals surface area contributed by atoms with E-state index in [1.807, 2.05) is 0 Å². The Labute approximate surface area is 156 Å². The number of thioether (sulfide) groups is 1. The summed E-state index contributed by atoms with van der Waals surface area (Å²) in [7, 11) is 0. The van der Waals surface area contributed by atoms with Crippen LogP contribution in [0, 0.1) is 15.9 Å². The molecule has 0 aliphatic heterocycles. The number of carbonyl (C=O) groups is 2. The Morgan fingerprint density at radius 3 is 2.69 bits per heavy atom. The number of ether oxygens (including phenoxy) is 1. The molecule has 0 fully saturated rings. The molecule has 26 heavy (non-hydrogen) atoms. The van der Waals surface area contributed by atoms with Crippen molar-refractivity contribution in [2.45, 2.75) is 4.90 Å². The highest BCUT2D eigenvalue weighted by atomic mass is 35.5. The molecule has 0 bridgehead atoms. The van der Waals surface area contributed by atoms with Gasteiger partial charge in [0.25, 0.3) is 11.6 Å². The summed E-state index contributed by atoms with van der Waals surface area (Å²) in [6.45, 7) is -0.576. The van der Waals surface area contributed by atoms with Gasteiger partial charge in [-0.1, -0.05) is 23.7 Å². The smallest absolute Gasteiger partial charge is 0.316 e. The zero-order valence-corrected chi connectivity index (χ0v) is 14.7. The largest absolute Gasteiger partial charge is 0.455 e. The van der Waals surface area contributed by atoms with Crippen molar-refractivity contribution in [2.24, 2.45) is 0 Å². The molecule has 0 heterocycles. The van der Waals surface area contributed by atoms with Crippen LogP contribution in [0.5, 0.6) is 0 Å². The zero-order valence-electron chi connectivity index (χ0n) is 13.1. The molecule has 0 saturated carbocycles. The number of esters is 1. The Balaban J connectivity index is 1.81. The van der Waals surface area contributed by atoms with Crippen molar-refractivity contribution < 1.29 is 23.6 Å². The first-order valence-electron chi connectivity index (χ1n) is 7.13. The number of rotatable bonds is 7. The molecule has 0 saturated heterocycles. The van der Waals surface area contributed by atoms with E-state index in [1.54, 1.807) is 6.07 Å². The van der Waals surface area contributed by atoms with E-state index in [0.29, 0.717) is 4.90 Å². The van der Waals surface area contributed by atoms with Crippen molar-refractivity contribution in [2.75, 3.05) is 17.7 Å². The Morgan fingerprint density at radius 2 is 2.00 bits per heavy atom. The molecule has 0 spiro atoms. The molecule has 0 aromatic heterocycles. The maximum Gasteiger partial charge on any atom is 0.316 e. The maximum absolute atomic E-state index is 13.4. The van der Waals surface area contributed by atoms with Gasteiger partial charge in [0.2, 0.25) is 0 Å². The number of amides is 1. The highest BCUT2D eigenvalue weighted by Gasteiger charge is 2.15. The van der Waals surface area contributed by atoms with Gasteiger partial charge in [-0.3, -0.25) is 19.7 Å². The Hall–Kier alpha value is -2.65. The molecule has 0 radical (unpaired) electrons. The molecule has 0 aliphatic rings. The van der Waals surface area contributed by atoms with Crippen molar-refractivity contribution in [3.05, 3.63) is 63.4 Å². The lowest BCUT2D eigenvalue weighted by Crippen LogP contribution is -2.21. The maximum atomic E-state index is 13.4. The minimum Gasteiger partial charge on any atom is -0.455 e. The number of nitrogens with zero attached hydrogens (tertiary/aromatic N) is 1. The Kier molecular flexibility index (Phi) is 6.93. The summed E-state index contributed by atoms with van der Waals surface area (Å²) >= 11 is 6.62. The van der Waals surface area contributed by atoms with Crippen LogP contribution >= 0.6 is 23.4 Å². The number of hydrogen-bond donors (Lipinski definition) is 1. The highest BCUT2D eigenvalue weighted by molar-refractivity contribution is 8.00. The van der Waals surface area contributed by atoms with Gasteiger partial charge in [-0.25, -0.2) is 4.39 Å². The van der Waals surface area contributed by atoms with E-state index in [0.717, 1.165) is 17.8 Å². The lowest BCUT2D eigenvalue weighted by atomic mass is 10.3. The summed E-state index contributed by atoms with van der Waals surface area (Å²) in [5.74, 6) is -1.99. The molecular weight excluding hydrogens is 387 g/mol. The molecule has 0 aliphatic carbocycles. The van der Waals surface area contributed by atoms with Gasteiger partial charge in [0.1, 0.15) is 10.8 Å². The van der Waals surface area contributed by atoms with Crippen LogP contribution in [0.2, 0.25) is 5.02 Å². The van der Waals surface area contributed by atoms with Gasteiger partial charge in [0.15, 0.2) is 6.61 Å². The average Bonchev–Trinajstić information content (AvgIpc) is 2.60. The second-order valence-corrected chi connectivity index (χ2v) is 6.28. The average molecular weight is 399 g/mol. The second-order valence-electron chi connectivity index (χ2n) is 4.85. The van der Waals surface area contributed by atoms with Crippen LogP contribution in [0.15, 0.2) is 47.4 Å². The number of carbonyl (C=O) groups excluding carboxylic acids is 2. The predicted octanol–water partition coefficient (Wildman–Crippen LogP) is 3.66. The van der Waals surface area contributed by atoms with Gasteiger partial charge >= 0.3 is 5.97 Å². The first-order valence-corrected chi connectivity index (χ1v) is 8.50. The van der Waals surface area contributed by atoms with Crippen molar-refractivity contribution in [1.82, 2.24) is 0 Å². The number of hydrogen-bond acceptors (Lipinski definition) is 6. The van der Waals surface area contributed by atoms with E-state index >= 15 is 0 Å². The second kappa shape index (κ2) is 9.16. The topological polar surface area (TPSA) is 98.5 Å². The molecule has 2 rings (SSSR count). The number of nitro groups is 1. The molecule has 1 N–H and O–H groups in total. The van der Waals surface area contributed by atoms with Gasteiger partial charge in [0, 0.05) is 16.6 Å². The van der Waals surface area contributed by atoms with Crippen LogP contribution < -0.4 is 5.32 Å². The fourth-order valence-corrected chi connectivity index (χ4v) is 2.74. The molecule has 2 aromatic carbocycles. The van der Waals surface area contributed by atoms with Gasteiger partial charge in [0.05, 0.1) is 10.7 Å². The molecule has 2 aromatic rings. The zero-order chi connectivity index (χ0) is 19.1. The molecule has 1 amide bonds. The van der Waals surface area contributed by atoms with E-state index in [-0.39, 0.29) is 22.2 Å². The van der Waals surface area contributed by atoms with Crippen LogP contribution in [0.25, 0.3) is 0 Å². The summed E-state index contributed by atoms with van der Waals surface area (Å²) in [4.78, 5) is 33.8. The van der Waals surface area contributed by atoms with Crippen LogP contribution in [-0.2, 0) is 14.3 Å². The SMILES string of the molecule is O=C(COC(=O)CSc1ccccc1F)Nc1ccc(Cl)c([N+](=O)[O-])c1. The van der Waals surface area contributed by atoms with Crippen LogP contribution in [0.4, 0.5) is 15.8 Å². The Morgan fingerprint density at radius 1 is 1.27 bits per heavy atom. The number of halogens is 2. The first-order chi connectivity index (χ1) is 12.4. The lowest BCUT2D eigenvalue weighted by molar-refractivity contribution is -0.384. The van der Waals surface area contributed by atoms with Gasteiger partial charge in [-0.2, -0.15) is 0 Å². The van der Waals surface area contributed by atoms with Crippen LogP contribution in [0.3, 0.4) is 0 Å². The normalized spacial score (nSPS) is 10.2. The van der Waals surface area contributed by atoms with Crippen molar-refractivity contribution in [3.8, 4) is 0 Å². The van der Waals surface area contributed by atoms with Crippen molar-refractivity contribution >= 4 is 46.6 Å². The van der Waals surface area contributed by atoms with E-state index in [1.165, 1.54) is 30.3 Å². The number of nitro benzene ring substituents is 1. The minimum atomic E-state index is -0.699. The van der Waals surface area contributed by atoms with E-state index < -0.39 is 29.2 Å². The van der Waals surface area contributed by atoms with E-state index in [2.05, 4.69) is 5.32 Å². The van der Waals surface area contributed by atoms with Gasteiger partial charge in [-0.15, -0.1) is 11.8 Å². The third kappa shape index (κ3) is 5.71.